The van der Waals surface area contributed by atoms with Gasteiger partial charge in [0.1, 0.15) is 18.5 Å². The van der Waals surface area contributed by atoms with Gasteiger partial charge in [0.25, 0.3) is 0 Å². The third-order valence-electron chi connectivity index (χ3n) is 4.19. The Balaban J connectivity index is 1.50. The molecule has 0 aliphatic rings. The second-order valence-electron chi connectivity index (χ2n) is 6.20. The number of nitrogen functional groups attached to an aromatic ring is 1. The Morgan fingerprint density at radius 1 is 0.833 bits per heavy atom. The van der Waals surface area contributed by atoms with E-state index in [1.807, 2.05) is 48.5 Å². The molecule has 10 heteroatoms. The second kappa shape index (κ2) is 8.19. The third-order valence-corrected chi connectivity index (χ3v) is 4.19. The van der Waals surface area contributed by atoms with Crippen molar-refractivity contribution in [3.63, 3.8) is 0 Å². The molecule has 0 bridgehead atoms. The van der Waals surface area contributed by atoms with Crippen LogP contribution in [0.4, 0.5) is 34.5 Å². The molecule has 2 heterocycles. The Kier molecular flexibility index (Phi) is 5.12. The Morgan fingerprint density at radius 2 is 1.50 bits per heavy atom. The summed E-state index contributed by atoms with van der Waals surface area (Å²) in [6.07, 6.45) is 2.67. The lowest BCUT2D eigenvalue weighted by molar-refractivity contribution is -0.383. The van der Waals surface area contributed by atoms with Crippen LogP contribution >= 0.6 is 0 Å². The first-order valence-electron chi connectivity index (χ1n) is 8.86. The molecule has 10 nitrogen and oxygen atoms in total. The van der Waals surface area contributed by atoms with Crippen LogP contribution in [0, 0.1) is 10.1 Å². The minimum Gasteiger partial charge on any atom is -0.378 e. The number of rotatable bonds is 6. The summed E-state index contributed by atoms with van der Waals surface area (Å²) in [5.41, 5.74) is 8.41. The van der Waals surface area contributed by atoms with Gasteiger partial charge in [-0.15, -0.1) is 0 Å². The molecule has 148 valence electrons. The van der Waals surface area contributed by atoms with Crippen LogP contribution in [0.2, 0.25) is 0 Å². The zero-order valence-corrected chi connectivity index (χ0v) is 15.6. The fourth-order valence-corrected chi connectivity index (χ4v) is 2.78. The summed E-state index contributed by atoms with van der Waals surface area (Å²) in [7, 11) is 0. The van der Waals surface area contributed by atoms with Crippen molar-refractivity contribution >= 4 is 34.5 Å². The fourth-order valence-electron chi connectivity index (χ4n) is 2.78. The highest BCUT2D eigenvalue weighted by molar-refractivity contribution is 5.73. The molecule has 0 amide bonds. The SMILES string of the molecule is Nc1ncnc(Nc2ccc(Nc3cc(-c4ccccc4)ncn3)cc2)c1[N+](=O)[O-]. The zero-order valence-electron chi connectivity index (χ0n) is 15.6. The molecule has 0 radical (unpaired) electrons. The smallest absolute Gasteiger partial charge is 0.353 e. The Labute approximate surface area is 171 Å². The van der Waals surface area contributed by atoms with Crippen LogP contribution in [-0.4, -0.2) is 24.9 Å². The molecule has 4 aromatic rings. The highest BCUT2D eigenvalue weighted by Crippen LogP contribution is 2.29. The van der Waals surface area contributed by atoms with Crippen molar-refractivity contribution in [3.8, 4) is 11.3 Å². The Bertz CT molecular complexity index is 1180. The van der Waals surface area contributed by atoms with Gasteiger partial charge in [-0.05, 0) is 24.3 Å². The van der Waals surface area contributed by atoms with Crippen LogP contribution in [0.15, 0.2) is 73.3 Å². The first-order chi connectivity index (χ1) is 14.6. The molecule has 4 rings (SSSR count). The molecule has 0 saturated heterocycles. The van der Waals surface area contributed by atoms with Gasteiger partial charge in [0, 0.05) is 23.0 Å². The van der Waals surface area contributed by atoms with E-state index in [2.05, 4.69) is 30.6 Å². The van der Waals surface area contributed by atoms with E-state index in [4.69, 9.17) is 5.73 Å². The van der Waals surface area contributed by atoms with E-state index in [0.717, 1.165) is 16.9 Å². The van der Waals surface area contributed by atoms with Crippen LogP contribution in [0.3, 0.4) is 0 Å². The molecule has 0 atom stereocenters. The largest absolute Gasteiger partial charge is 0.378 e. The molecule has 0 spiro atoms. The van der Waals surface area contributed by atoms with Gasteiger partial charge >= 0.3 is 5.69 Å². The maximum atomic E-state index is 11.2. The molecule has 0 unspecified atom stereocenters. The standard InChI is InChI=1S/C20H16N8O2/c21-19-18(28(29)30)20(25-12-24-19)27-15-8-6-14(7-9-15)26-17-10-16(22-11-23-17)13-4-2-1-3-5-13/h1-12H,(H,22,23,26)(H3,21,24,25,27). The summed E-state index contributed by atoms with van der Waals surface area (Å²) in [4.78, 5) is 26.7. The lowest BCUT2D eigenvalue weighted by Crippen LogP contribution is -2.05. The van der Waals surface area contributed by atoms with Crippen molar-refractivity contribution in [3.05, 3.63) is 83.4 Å². The topological polar surface area (TPSA) is 145 Å². The predicted octanol–water partition coefficient (Wildman–Crippen LogP) is 3.91. The molecular formula is C20H16N8O2. The fraction of sp³-hybridized carbons (Fsp3) is 0. The molecule has 2 aromatic carbocycles. The van der Waals surface area contributed by atoms with Gasteiger partial charge in [0.05, 0.1) is 10.6 Å². The van der Waals surface area contributed by atoms with E-state index < -0.39 is 4.92 Å². The van der Waals surface area contributed by atoms with E-state index in [1.165, 1.54) is 12.7 Å². The maximum Gasteiger partial charge on any atom is 0.353 e. The number of aromatic nitrogens is 4. The van der Waals surface area contributed by atoms with Gasteiger partial charge in [0.15, 0.2) is 0 Å². The van der Waals surface area contributed by atoms with Crippen LogP contribution in [0.1, 0.15) is 0 Å². The van der Waals surface area contributed by atoms with Crippen molar-refractivity contribution in [2.24, 2.45) is 0 Å². The number of hydrogen-bond donors (Lipinski definition) is 3. The highest BCUT2D eigenvalue weighted by atomic mass is 16.6. The maximum absolute atomic E-state index is 11.2. The lowest BCUT2D eigenvalue weighted by atomic mass is 10.1. The zero-order chi connectivity index (χ0) is 20.9. The van der Waals surface area contributed by atoms with E-state index >= 15 is 0 Å². The third kappa shape index (κ3) is 4.12. The van der Waals surface area contributed by atoms with Crippen LogP contribution in [0.25, 0.3) is 11.3 Å². The van der Waals surface area contributed by atoms with E-state index in [-0.39, 0.29) is 17.3 Å². The molecule has 0 saturated carbocycles. The summed E-state index contributed by atoms with van der Waals surface area (Å²) < 4.78 is 0. The van der Waals surface area contributed by atoms with Crippen molar-refractivity contribution in [1.29, 1.82) is 0 Å². The minimum absolute atomic E-state index is 0.0245. The average molecular weight is 400 g/mol. The summed E-state index contributed by atoms with van der Waals surface area (Å²) in [6.45, 7) is 0. The molecule has 2 aromatic heterocycles. The highest BCUT2D eigenvalue weighted by Gasteiger charge is 2.20. The van der Waals surface area contributed by atoms with Crippen molar-refractivity contribution in [2.45, 2.75) is 0 Å². The number of benzene rings is 2. The lowest BCUT2D eigenvalue weighted by Gasteiger charge is -2.10. The van der Waals surface area contributed by atoms with Crippen LogP contribution < -0.4 is 16.4 Å². The van der Waals surface area contributed by atoms with E-state index in [1.54, 1.807) is 12.1 Å². The number of nitrogens with one attached hydrogen (secondary N) is 2. The quantitative estimate of drug-likeness (QED) is 0.324. The van der Waals surface area contributed by atoms with Gasteiger partial charge in [-0.2, -0.15) is 0 Å². The number of nitrogens with two attached hydrogens (primary N) is 1. The molecule has 4 N–H and O–H groups in total. The predicted molar refractivity (Wildman–Crippen MR) is 114 cm³/mol. The summed E-state index contributed by atoms with van der Waals surface area (Å²) in [5, 5.41) is 17.3. The normalized spacial score (nSPS) is 10.4. The van der Waals surface area contributed by atoms with E-state index in [9.17, 15) is 10.1 Å². The minimum atomic E-state index is -0.618. The van der Waals surface area contributed by atoms with Crippen molar-refractivity contribution < 1.29 is 4.92 Å². The van der Waals surface area contributed by atoms with Gasteiger partial charge in [-0.1, -0.05) is 30.3 Å². The summed E-state index contributed by atoms with van der Waals surface area (Å²) >= 11 is 0. The van der Waals surface area contributed by atoms with Gasteiger partial charge < -0.3 is 16.4 Å². The molecular weight excluding hydrogens is 384 g/mol. The number of nitrogens with zero attached hydrogens (tertiary/aromatic N) is 5. The number of nitro groups is 1. The first-order valence-corrected chi connectivity index (χ1v) is 8.86. The molecule has 0 fully saturated rings. The van der Waals surface area contributed by atoms with Crippen LogP contribution in [-0.2, 0) is 0 Å². The Morgan fingerprint density at radius 3 is 2.20 bits per heavy atom. The second-order valence-corrected chi connectivity index (χ2v) is 6.20. The monoisotopic (exact) mass is 400 g/mol. The number of anilines is 5. The molecule has 0 aliphatic carbocycles. The molecule has 0 aliphatic heterocycles. The summed E-state index contributed by atoms with van der Waals surface area (Å²) in [5.74, 6) is 0.467. The van der Waals surface area contributed by atoms with Gasteiger partial charge in [0.2, 0.25) is 11.6 Å². The van der Waals surface area contributed by atoms with Crippen LogP contribution in [0.5, 0.6) is 0 Å². The van der Waals surface area contributed by atoms with Gasteiger partial charge in [-0.25, -0.2) is 19.9 Å². The first kappa shape index (κ1) is 18.7. The Hall–Kier alpha value is -4.60. The number of hydrogen-bond acceptors (Lipinski definition) is 9. The van der Waals surface area contributed by atoms with Crippen molar-refractivity contribution in [2.75, 3.05) is 16.4 Å². The summed E-state index contributed by atoms with van der Waals surface area (Å²) in [6, 6.07) is 18.8. The van der Waals surface area contributed by atoms with Crippen molar-refractivity contribution in [1.82, 2.24) is 19.9 Å². The van der Waals surface area contributed by atoms with Gasteiger partial charge in [-0.3, -0.25) is 10.1 Å². The van der Waals surface area contributed by atoms with E-state index in [0.29, 0.717) is 11.5 Å². The average Bonchev–Trinajstić information content (AvgIpc) is 2.76. The molecule has 30 heavy (non-hydrogen) atoms.